The summed E-state index contributed by atoms with van der Waals surface area (Å²) in [7, 11) is 0. The van der Waals surface area contributed by atoms with Gasteiger partial charge in [-0.25, -0.2) is 4.68 Å². The molecule has 145 valence electrons. The van der Waals surface area contributed by atoms with E-state index in [0.717, 1.165) is 31.7 Å². The molecule has 28 heavy (non-hydrogen) atoms. The zero-order valence-corrected chi connectivity index (χ0v) is 16.2. The fourth-order valence-corrected chi connectivity index (χ4v) is 3.80. The van der Waals surface area contributed by atoms with Crippen molar-refractivity contribution in [2.24, 2.45) is 0 Å². The van der Waals surface area contributed by atoms with Crippen molar-refractivity contribution in [1.82, 2.24) is 19.9 Å². The molecule has 0 bridgehead atoms. The number of nitrogens with zero attached hydrogens (tertiary/aromatic N) is 4. The third kappa shape index (κ3) is 5.06. The monoisotopic (exact) mass is 375 g/mol. The highest BCUT2D eigenvalue weighted by atomic mass is 16.5. The molecule has 5 heteroatoms. The normalized spacial score (nSPS) is 17.2. The van der Waals surface area contributed by atoms with Crippen molar-refractivity contribution in [2.75, 3.05) is 19.7 Å². The summed E-state index contributed by atoms with van der Waals surface area (Å²) in [5, 5.41) is 8.58. The number of benzene rings is 2. The lowest BCUT2D eigenvalue weighted by Crippen LogP contribution is -2.25. The largest absolute Gasteiger partial charge is 0.375 e. The molecule has 0 aliphatic carbocycles. The van der Waals surface area contributed by atoms with Gasteiger partial charge in [0.25, 0.3) is 0 Å². The van der Waals surface area contributed by atoms with Crippen LogP contribution in [0.1, 0.15) is 35.7 Å². The summed E-state index contributed by atoms with van der Waals surface area (Å²) >= 11 is 0. The van der Waals surface area contributed by atoms with E-state index in [0.29, 0.717) is 19.3 Å². The summed E-state index contributed by atoms with van der Waals surface area (Å²) in [5.74, 6) is 0. The predicted octanol–water partition coefficient (Wildman–Crippen LogP) is 3.67. The number of hydrogen-bond acceptors (Lipinski definition) is 4. The van der Waals surface area contributed by atoms with E-state index < -0.39 is 0 Å². The van der Waals surface area contributed by atoms with E-state index >= 15 is 0 Å². The van der Waals surface area contributed by atoms with Crippen molar-refractivity contribution in [2.45, 2.75) is 38.5 Å². The second kappa shape index (κ2) is 9.62. The Morgan fingerprint density at radius 1 is 1.07 bits per heavy atom. The summed E-state index contributed by atoms with van der Waals surface area (Å²) in [5.41, 5.74) is 3.54. The SMILES string of the molecule is [c]1ccccc1[C@@H]1CCCN1CCc1cn(CCOCc2ccccc2)nn1. The maximum atomic E-state index is 5.74. The molecule has 4 rings (SSSR count). The molecular weight excluding hydrogens is 348 g/mol. The Balaban J connectivity index is 1.21. The van der Waals surface area contributed by atoms with Crippen LogP contribution in [0.15, 0.2) is 60.8 Å². The first-order valence-corrected chi connectivity index (χ1v) is 10.1. The van der Waals surface area contributed by atoms with E-state index in [-0.39, 0.29) is 0 Å². The molecule has 0 saturated carbocycles. The zero-order chi connectivity index (χ0) is 19.0. The molecule has 0 amide bonds. The highest BCUT2D eigenvalue weighted by Crippen LogP contribution is 2.31. The van der Waals surface area contributed by atoms with Gasteiger partial charge in [0.05, 0.1) is 25.5 Å². The Morgan fingerprint density at radius 2 is 1.96 bits per heavy atom. The van der Waals surface area contributed by atoms with Crippen LogP contribution in [0.2, 0.25) is 0 Å². The van der Waals surface area contributed by atoms with Crippen molar-refractivity contribution in [3.8, 4) is 0 Å². The lowest BCUT2D eigenvalue weighted by atomic mass is 10.0. The summed E-state index contributed by atoms with van der Waals surface area (Å²) < 4.78 is 7.62. The second-order valence-electron chi connectivity index (χ2n) is 7.27. The van der Waals surface area contributed by atoms with Gasteiger partial charge in [-0.2, -0.15) is 0 Å². The van der Waals surface area contributed by atoms with E-state index in [1.165, 1.54) is 24.0 Å². The van der Waals surface area contributed by atoms with Gasteiger partial charge in [0.2, 0.25) is 0 Å². The fourth-order valence-electron chi connectivity index (χ4n) is 3.80. The summed E-state index contributed by atoms with van der Waals surface area (Å²) in [6, 6.07) is 22.5. The lowest BCUT2D eigenvalue weighted by molar-refractivity contribution is 0.110. The van der Waals surface area contributed by atoms with Crippen LogP contribution in [0.3, 0.4) is 0 Å². The molecule has 1 radical (unpaired) electrons. The molecule has 1 aliphatic heterocycles. The number of hydrogen-bond donors (Lipinski definition) is 0. The maximum absolute atomic E-state index is 5.74. The molecule has 2 aromatic carbocycles. The van der Waals surface area contributed by atoms with E-state index in [2.05, 4.69) is 45.5 Å². The molecule has 0 N–H and O–H groups in total. The quantitative estimate of drug-likeness (QED) is 0.535. The first-order valence-electron chi connectivity index (χ1n) is 10.1. The Bertz CT molecular complexity index is 834. The van der Waals surface area contributed by atoms with Crippen LogP contribution in [-0.4, -0.2) is 39.6 Å². The van der Waals surface area contributed by atoms with Crippen molar-refractivity contribution in [3.05, 3.63) is 83.7 Å². The minimum Gasteiger partial charge on any atom is -0.375 e. The second-order valence-corrected chi connectivity index (χ2v) is 7.27. The van der Waals surface area contributed by atoms with Crippen LogP contribution in [0.5, 0.6) is 0 Å². The molecular formula is C23H27N4O. The average Bonchev–Trinajstić information content (AvgIpc) is 3.40. The van der Waals surface area contributed by atoms with E-state index in [4.69, 9.17) is 4.74 Å². The van der Waals surface area contributed by atoms with Crippen LogP contribution in [0.25, 0.3) is 0 Å². The van der Waals surface area contributed by atoms with Gasteiger partial charge < -0.3 is 4.74 Å². The van der Waals surface area contributed by atoms with Crippen molar-refractivity contribution < 1.29 is 4.74 Å². The van der Waals surface area contributed by atoms with E-state index in [1.54, 1.807) is 0 Å². The van der Waals surface area contributed by atoms with Gasteiger partial charge in [-0.05, 0) is 36.6 Å². The third-order valence-electron chi connectivity index (χ3n) is 5.27. The van der Waals surface area contributed by atoms with Crippen LogP contribution in [0, 0.1) is 6.07 Å². The smallest absolute Gasteiger partial charge is 0.0839 e. The van der Waals surface area contributed by atoms with Crippen molar-refractivity contribution in [3.63, 3.8) is 0 Å². The van der Waals surface area contributed by atoms with E-state index in [1.807, 2.05) is 41.2 Å². The molecule has 0 unspecified atom stereocenters. The topological polar surface area (TPSA) is 43.2 Å². The summed E-state index contributed by atoms with van der Waals surface area (Å²) in [6.45, 7) is 4.15. The number of aromatic nitrogens is 3. The Kier molecular flexibility index (Phi) is 6.48. The zero-order valence-electron chi connectivity index (χ0n) is 16.2. The average molecular weight is 375 g/mol. The molecule has 0 spiro atoms. The number of ether oxygens (including phenoxy) is 1. The molecule has 1 fully saturated rings. The highest BCUT2D eigenvalue weighted by Gasteiger charge is 2.25. The summed E-state index contributed by atoms with van der Waals surface area (Å²) in [4.78, 5) is 2.55. The molecule has 1 saturated heterocycles. The van der Waals surface area contributed by atoms with Gasteiger partial charge in [0, 0.05) is 25.2 Å². The Morgan fingerprint density at radius 3 is 2.82 bits per heavy atom. The predicted molar refractivity (Wildman–Crippen MR) is 109 cm³/mol. The Hall–Kier alpha value is -2.50. The van der Waals surface area contributed by atoms with Gasteiger partial charge in [-0.3, -0.25) is 4.90 Å². The van der Waals surface area contributed by atoms with Crippen molar-refractivity contribution >= 4 is 0 Å². The first kappa shape index (κ1) is 18.8. The molecule has 1 aliphatic rings. The van der Waals surface area contributed by atoms with Gasteiger partial charge in [-0.1, -0.05) is 59.8 Å². The summed E-state index contributed by atoms with van der Waals surface area (Å²) in [6.07, 6.45) is 5.44. The molecule has 3 aromatic rings. The standard InChI is InChI=1S/C23H27N4O/c1-3-8-20(9-4-1)19-28-17-16-27-18-22(24-25-27)13-15-26-14-7-12-23(26)21-10-5-2-6-11-21/h1-6,8-10,18,23H,7,12-17,19H2/t23-/m0/s1. The lowest BCUT2D eigenvalue weighted by Gasteiger charge is -2.24. The molecule has 1 atom stereocenters. The van der Waals surface area contributed by atoms with Gasteiger partial charge in [0.15, 0.2) is 0 Å². The van der Waals surface area contributed by atoms with E-state index in [9.17, 15) is 0 Å². The van der Waals surface area contributed by atoms with Gasteiger partial charge >= 0.3 is 0 Å². The first-order chi connectivity index (χ1) is 13.9. The number of rotatable bonds is 9. The number of likely N-dealkylation sites (tertiary alicyclic amines) is 1. The maximum Gasteiger partial charge on any atom is 0.0839 e. The van der Waals surface area contributed by atoms with Crippen LogP contribution < -0.4 is 0 Å². The third-order valence-corrected chi connectivity index (χ3v) is 5.27. The minimum absolute atomic E-state index is 0.489. The molecule has 5 nitrogen and oxygen atoms in total. The van der Waals surface area contributed by atoms with Crippen molar-refractivity contribution in [1.29, 1.82) is 0 Å². The van der Waals surface area contributed by atoms with Gasteiger partial charge in [0.1, 0.15) is 0 Å². The molecule has 2 heterocycles. The Labute approximate surface area is 166 Å². The van der Waals surface area contributed by atoms with Crippen LogP contribution >= 0.6 is 0 Å². The van der Waals surface area contributed by atoms with Crippen LogP contribution in [0.4, 0.5) is 0 Å². The fraction of sp³-hybridized carbons (Fsp3) is 0.391. The minimum atomic E-state index is 0.489. The highest BCUT2D eigenvalue weighted by molar-refractivity contribution is 5.18. The van der Waals surface area contributed by atoms with Gasteiger partial charge in [-0.15, -0.1) is 5.10 Å². The molecule has 1 aromatic heterocycles. The van der Waals surface area contributed by atoms with Crippen LogP contribution in [-0.2, 0) is 24.3 Å².